The molecule has 1 aliphatic carbocycles. The second-order valence-electron chi connectivity index (χ2n) is 4.97. The molecule has 1 saturated carbocycles. The molecule has 0 bridgehead atoms. The third-order valence-electron chi connectivity index (χ3n) is 3.59. The molecule has 4 nitrogen and oxygen atoms in total. The predicted octanol–water partition coefficient (Wildman–Crippen LogP) is 1.74. The normalized spacial score (nSPS) is 16.3. The van der Waals surface area contributed by atoms with Gasteiger partial charge in [0, 0.05) is 19.2 Å². The topological polar surface area (TPSA) is 63.4 Å². The first-order valence-corrected chi connectivity index (χ1v) is 8.12. The van der Waals surface area contributed by atoms with Gasteiger partial charge in [-0.2, -0.15) is 0 Å². The highest BCUT2D eigenvalue weighted by molar-refractivity contribution is 7.89. The lowest BCUT2D eigenvalue weighted by atomic mass is 9.86. The van der Waals surface area contributed by atoms with Gasteiger partial charge in [0.1, 0.15) is 4.99 Å². The Morgan fingerprint density at radius 3 is 2.37 bits per heavy atom. The van der Waals surface area contributed by atoms with Gasteiger partial charge in [0.25, 0.3) is 0 Å². The molecule has 0 aliphatic heterocycles. The molecule has 1 aliphatic rings. The maximum atomic E-state index is 12.4. The van der Waals surface area contributed by atoms with Crippen LogP contribution in [0, 0.1) is 5.92 Å². The van der Waals surface area contributed by atoms with Crippen LogP contribution in [0.2, 0.25) is 0 Å². The van der Waals surface area contributed by atoms with E-state index < -0.39 is 10.0 Å². The molecule has 104 valence electrons. The van der Waals surface area contributed by atoms with E-state index in [1.54, 1.807) is 31.3 Å². The molecule has 0 aromatic heterocycles. The predicted molar refractivity (Wildman–Crippen MR) is 79.5 cm³/mol. The third-order valence-corrected chi connectivity index (χ3v) is 5.66. The van der Waals surface area contributed by atoms with Gasteiger partial charge < -0.3 is 5.73 Å². The monoisotopic (exact) mass is 298 g/mol. The molecular weight excluding hydrogens is 280 g/mol. The van der Waals surface area contributed by atoms with Crippen LogP contribution < -0.4 is 5.73 Å². The van der Waals surface area contributed by atoms with Crippen LogP contribution in [0.15, 0.2) is 29.2 Å². The van der Waals surface area contributed by atoms with Crippen LogP contribution in [0.5, 0.6) is 0 Å². The fourth-order valence-electron chi connectivity index (χ4n) is 2.11. The summed E-state index contributed by atoms with van der Waals surface area (Å²) in [4.78, 5) is 0.557. The van der Waals surface area contributed by atoms with Gasteiger partial charge in [0.2, 0.25) is 10.0 Å². The number of sulfonamides is 1. The van der Waals surface area contributed by atoms with E-state index >= 15 is 0 Å². The van der Waals surface area contributed by atoms with Crippen molar-refractivity contribution in [2.45, 2.75) is 24.2 Å². The molecule has 0 heterocycles. The molecule has 0 atom stereocenters. The van der Waals surface area contributed by atoms with E-state index in [-0.39, 0.29) is 9.88 Å². The first-order valence-electron chi connectivity index (χ1n) is 6.27. The summed E-state index contributed by atoms with van der Waals surface area (Å²) in [5.74, 6) is 0.510. The van der Waals surface area contributed by atoms with E-state index in [2.05, 4.69) is 0 Å². The highest BCUT2D eigenvalue weighted by atomic mass is 32.2. The van der Waals surface area contributed by atoms with Gasteiger partial charge in [0.15, 0.2) is 0 Å². The zero-order chi connectivity index (χ0) is 14.0. The molecule has 2 N–H and O–H groups in total. The second kappa shape index (κ2) is 5.56. The van der Waals surface area contributed by atoms with Crippen LogP contribution in [-0.2, 0) is 10.0 Å². The minimum absolute atomic E-state index is 0.270. The van der Waals surface area contributed by atoms with Crippen LogP contribution in [0.4, 0.5) is 0 Å². The molecule has 0 spiro atoms. The minimum atomic E-state index is -3.40. The molecule has 0 saturated heterocycles. The summed E-state index contributed by atoms with van der Waals surface area (Å²) in [5.41, 5.74) is 6.17. The summed E-state index contributed by atoms with van der Waals surface area (Å²) in [6, 6.07) is 6.40. The van der Waals surface area contributed by atoms with E-state index in [1.807, 2.05) is 0 Å². The Morgan fingerprint density at radius 1 is 1.37 bits per heavy atom. The average molecular weight is 298 g/mol. The van der Waals surface area contributed by atoms with Crippen LogP contribution in [0.25, 0.3) is 0 Å². The molecule has 6 heteroatoms. The fourth-order valence-corrected chi connectivity index (χ4v) is 3.49. The van der Waals surface area contributed by atoms with E-state index in [0.717, 1.165) is 12.8 Å². The molecule has 2 rings (SSSR count). The van der Waals surface area contributed by atoms with Crippen molar-refractivity contribution in [3.63, 3.8) is 0 Å². The molecule has 1 fully saturated rings. The zero-order valence-electron chi connectivity index (χ0n) is 10.9. The van der Waals surface area contributed by atoms with Crippen molar-refractivity contribution < 1.29 is 8.42 Å². The zero-order valence-corrected chi connectivity index (χ0v) is 12.5. The Kier molecular flexibility index (Phi) is 4.23. The summed E-state index contributed by atoms with van der Waals surface area (Å²) in [6.07, 6.45) is 3.46. The lowest BCUT2D eigenvalue weighted by molar-refractivity contribution is 0.263. The maximum absolute atomic E-state index is 12.4. The van der Waals surface area contributed by atoms with E-state index in [0.29, 0.717) is 18.0 Å². The Hall–Kier alpha value is -0.980. The van der Waals surface area contributed by atoms with Crippen LogP contribution in [0.3, 0.4) is 0 Å². The maximum Gasteiger partial charge on any atom is 0.242 e. The number of rotatable bonds is 5. The molecule has 1 aromatic carbocycles. The van der Waals surface area contributed by atoms with E-state index in [1.165, 1.54) is 10.7 Å². The number of hydrogen-bond donors (Lipinski definition) is 1. The number of thiocarbonyl (C=S) groups is 1. The van der Waals surface area contributed by atoms with Gasteiger partial charge in [-0.25, -0.2) is 12.7 Å². The van der Waals surface area contributed by atoms with Gasteiger partial charge in [-0.05, 0) is 30.9 Å². The molecule has 19 heavy (non-hydrogen) atoms. The van der Waals surface area contributed by atoms with Gasteiger partial charge in [-0.15, -0.1) is 0 Å². The molecular formula is C13H18N2O2S2. The summed E-state index contributed by atoms with van der Waals surface area (Å²) < 4.78 is 26.1. The van der Waals surface area contributed by atoms with Crippen molar-refractivity contribution in [3.8, 4) is 0 Å². The van der Waals surface area contributed by atoms with Crippen molar-refractivity contribution >= 4 is 27.2 Å². The quantitative estimate of drug-likeness (QED) is 0.841. The van der Waals surface area contributed by atoms with E-state index in [9.17, 15) is 8.42 Å². The first kappa shape index (κ1) is 14.4. The van der Waals surface area contributed by atoms with Crippen LogP contribution >= 0.6 is 12.2 Å². The number of nitrogens with zero attached hydrogens (tertiary/aromatic N) is 1. The smallest absolute Gasteiger partial charge is 0.242 e. The van der Waals surface area contributed by atoms with Crippen molar-refractivity contribution in [2.75, 3.05) is 13.6 Å². The first-order chi connectivity index (χ1) is 8.91. The largest absolute Gasteiger partial charge is 0.389 e. The highest BCUT2D eigenvalue weighted by Crippen LogP contribution is 2.28. The fraction of sp³-hybridized carbons (Fsp3) is 0.462. The van der Waals surface area contributed by atoms with Crippen molar-refractivity contribution in [2.24, 2.45) is 11.7 Å². The highest BCUT2D eigenvalue weighted by Gasteiger charge is 2.26. The Labute approximate surface area is 119 Å². The van der Waals surface area contributed by atoms with Crippen molar-refractivity contribution in [3.05, 3.63) is 29.8 Å². The molecule has 0 radical (unpaired) electrons. The molecule has 1 aromatic rings. The Bertz CT molecular complexity index is 563. The average Bonchev–Trinajstić information content (AvgIpc) is 2.33. The Balaban J connectivity index is 2.15. The number of benzene rings is 1. The van der Waals surface area contributed by atoms with Gasteiger partial charge in [0.05, 0.1) is 4.90 Å². The summed E-state index contributed by atoms with van der Waals surface area (Å²) in [7, 11) is -1.77. The number of hydrogen-bond acceptors (Lipinski definition) is 3. The SMILES string of the molecule is CN(CC1CCC1)S(=O)(=O)c1ccc(C(N)=S)cc1. The van der Waals surface area contributed by atoms with Gasteiger partial charge in [-0.3, -0.25) is 0 Å². The minimum Gasteiger partial charge on any atom is -0.389 e. The van der Waals surface area contributed by atoms with Crippen molar-refractivity contribution in [1.82, 2.24) is 4.31 Å². The number of nitrogens with two attached hydrogens (primary N) is 1. The van der Waals surface area contributed by atoms with Gasteiger partial charge in [-0.1, -0.05) is 30.8 Å². The third kappa shape index (κ3) is 3.13. The summed E-state index contributed by atoms with van der Waals surface area (Å²) in [5, 5.41) is 0. The standard InChI is InChI=1S/C13H18N2O2S2/c1-15(9-10-3-2-4-10)19(16,17)12-7-5-11(6-8-12)13(14)18/h5-8,10H,2-4,9H2,1H3,(H2,14,18). The molecule has 0 amide bonds. The van der Waals surface area contributed by atoms with Crippen molar-refractivity contribution in [1.29, 1.82) is 0 Å². The van der Waals surface area contributed by atoms with Crippen LogP contribution in [-0.4, -0.2) is 31.3 Å². The second-order valence-corrected chi connectivity index (χ2v) is 7.46. The van der Waals surface area contributed by atoms with E-state index in [4.69, 9.17) is 18.0 Å². The summed E-state index contributed by atoms with van der Waals surface area (Å²) in [6.45, 7) is 0.597. The van der Waals surface area contributed by atoms with Gasteiger partial charge >= 0.3 is 0 Å². The Morgan fingerprint density at radius 2 is 1.95 bits per heavy atom. The van der Waals surface area contributed by atoms with Crippen LogP contribution in [0.1, 0.15) is 24.8 Å². The molecule has 0 unspecified atom stereocenters. The summed E-state index contributed by atoms with van der Waals surface area (Å²) >= 11 is 4.85. The lowest BCUT2D eigenvalue weighted by Gasteiger charge is -2.29. The lowest BCUT2D eigenvalue weighted by Crippen LogP contribution is -2.34.